The molecule has 1 amide bonds. The number of aliphatic hydroxyl groups excluding tert-OH is 11. The van der Waals surface area contributed by atoms with Gasteiger partial charge in [0.25, 0.3) is 0 Å². The van der Waals surface area contributed by atoms with Crippen LogP contribution in [0.3, 0.4) is 0 Å². The largest absolute Gasteiger partial charge is 0.394 e. The van der Waals surface area contributed by atoms with Gasteiger partial charge in [0, 0.05) is 6.42 Å². The first kappa shape index (κ1) is 86.5. The molecule has 12 N–H and O–H groups in total. The van der Waals surface area contributed by atoms with Gasteiger partial charge < -0.3 is 89.9 Å². The van der Waals surface area contributed by atoms with E-state index in [0.29, 0.717) is 6.42 Å². The Morgan fingerprint density at radius 2 is 0.670 bits per heavy atom. The molecule has 0 radical (unpaired) electrons. The summed E-state index contributed by atoms with van der Waals surface area (Å²) in [6, 6.07) is -0.975. The topological polar surface area (TPSA) is 307 Å². The molecule has 3 fully saturated rings. The lowest BCUT2D eigenvalue weighted by molar-refractivity contribution is -0.379. The molecule has 3 aliphatic heterocycles. The number of carbonyl (C=O) groups is 1. The van der Waals surface area contributed by atoms with Crippen molar-refractivity contribution in [2.75, 3.05) is 26.4 Å². The number of rotatable bonds is 61. The Hall–Kier alpha value is -1.73. The van der Waals surface area contributed by atoms with Gasteiger partial charge >= 0.3 is 0 Å². The zero-order chi connectivity index (χ0) is 68.2. The molecule has 17 atom stereocenters. The van der Waals surface area contributed by atoms with Crippen molar-refractivity contribution in [2.45, 2.75) is 420 Å². The highest BCUT2D eigenvalue weighted by molar-refractivity contribution is 5.76. The molecular weight excluding hydrogens is 1200 g/mol. The van der Waals surface area contributed by atoms with Crippen LogP contribution in [0, 0.1) is 0 Å². The van der Waals surface area contributed by atoms with Crippen LogP contribution in [0.1, 0.15) is 316 Å². The number of unbranched alkanes of at least 4 members (excludes halogenated alkanes) is 43. The summed E-state index contributed by atoms with van der Waals surface area (Å²) in [6.07, 6.45) is 40.3. The van der Waals surface area contributed by atoms with Crippen molar-refractivity contribution in [1.29, 1.82) is 0 Å². The average Bonchev–Trinajstić information content (AvgIpc) is 0.787. The molecule has 0 saturated carbocycles. The molecule has 0 aliphatic carbocycles. The Labute approximate surface area is 568 Å². The predicted octanol–water partition coefficient (Wildman–Crippen LogP) is 11.8. The summed E-state index contributed by atoms with van der Waals surface area (Å²) in [6.45, 7) is 1.77. The summed E-state index contributed by atoms with van der Waals surface area (Å²) in [5, 5.41) is 121. The number of aliphatic hydroxyl groups is 11. The van der Waals surface area contributed by atoms with Crippen molar-refractivity contribution in [3.8, 4) is 0 Å². The third-order valence-electron chi connectivity index (χ3n) is 19.5. The Balaban J connectivity index is 1.38. The number of nitrogens with one attached hydrogen (secondary N) is 1. The Morgan fingerprint density at radius 3 is 1.03 bits per heavy atom. The lowest BCUT2D eigenvalue weighted by Gasteiger charge is -2.48. The predicted molar refractivity (Wildman–Crippen MR) is 370 cm³/mol. The molecule has 554 valence electrons. The van der Waals surface area contributed by atoms with Gasteiger partial charge in [-0.15, -0.1) is 0 Å². The second kappa shape index (κ2) is 57.0. The number of hydrogen-bond acceptors (Lipinski definition) is 18. The third kappa shape index (κ3) is 37.6. The summed E-state index contributed by atoms with van der Waals surface area (Å²) in [5.41, 5.74) is 0. The van der Waals surface area contributed by atoms with E-state index in [2.05, 4.69) is 31.3 Å². The zero-order valence-corrected chi connectivity index (χ0v) is 59.0. The van der Waals surface area contributed by atoms with Crippen LogP contribution in [-0.2, 0) is 33.2 Å². The van der Waals surface area contributed by atoms with Gasteiger partial charge in [0.05, 0.1) is 38.6 Å². The highest BCUT2D eigenvalue weighted by atomic mass is 16.8. The molecule has 0 aromatic carbocycles. The van der Waals surface area contributed by atoms with Crippen molar-refractivity contribution in [2.24, 2.45) is 0 Å². The maximum atomic E-state index is 13.4. The molecule has 0 aromatic heterocycles. The standard InChI is InChI=1S/C75H141NO18/c1-3-5-7-9-11-13-15-17-19-21-23-24-25-26-27-28-29-30-31-32-33-34-35-36-38-40-42-44-46-48-50-52-59(80)58(76-63(81)53-51-49-47-45-43-41-39-37-22-20-18-16-14-12-10-8-6-4-2)57-89-73-69(87)66(84)71(61(55-78)91-73)94-75-70(88)67(85)72(62(56-79)92-75)93-74-68(86)65(83)64(82)60(54-77)90-74/h20,22,50,52,58-62,64-75,77-80,82-88H,3-19,21,23-49,51,53-57H2,1-2H3,(H,76,81)/b22-20-,52-50+. The molecule has 3 aliphatic rings. The minimum Gasteiger partial charge on any atom is -0.394 e. The molecule has 19 heteroatoms. The fourth-order valence-electron chi connectivity index (χ4n) is 13.2. The summed E-state index contributed by atoms with van der Waals surface area (Å²) in [5.74, 6) is -0.276. The van der Waals surface area contributed by atoms with Crippen LogP contribution in [-0.4, -0.2) is 193 Å². The minimum atomic E-state index is -1.98. The highest BCUT2D eigenvalue weighted by Crippen LogP contribution is 2.33. The second-order valence-electron chi connectivity index (χ2n) is 27.8. The van der Waals surface area contributed by atoms with Crippen molar-refractivity contribution in [3.05, 3.63) is 24.3 Å². The van der Waals surface area contributed by atoms with Crippen LogP contribution >= 0.6 is 0 Å². The summed E-state index contributed by atoms with van der Waals surface area (Å²) >= 11 is 0. The van der Waals surface area contributed by atoms with E-state index < -0.39 is 124 Å². The molecular formula is C75H141NO18. The van der Waals surface area contributed by atoms with Gasteiger partial charge in [-0.3, -0.25) is 4.79 Å². The first-order valence-corrected chi connectivity index (χ1v) is 38.6. The summed E-state index contributed by atoms with van der Waals surface area (Å²) < 4.78 is 34.4. The van der Waals surface area contributed by atoms with Crippen molar-refractivity contribution in [3.63, 3.8) is 0 Å². The van der Waals surface area contributed by atoms with Gasteiger partial charge in [0.15, 0.2) is 18.9 Å². The van der Waals surface area contributed by atoms with Gasteiger partial charge in [0.1, 0.15) is 73.2 Å². The summed E-state index contributed by atoms with van der Waals surface area (Å²) in [4.78, 5) is 13.4. The van der Waals surface area contributed by atoms with E-state index in [1.54, 1.807) is 6.08 Å². The SMILES string of the molecule is CCCCCCCCC/C=C\CCCCCCCCCC(=O)NC(COC1OC(CO)C(OC2OC(CO)C(OC3OC(CO)C(O)C(O)C3O)C(O)C2O)C(O)C1O)C(O)/C=C/CCCCCCCCCCCCCCCCCCCCCCCCCCCCCCC. The van der Waals surface area contributed by atoms with Gasteiger partial charge in [-0.25, -0.2) is 0 Å². The molecule has 17 unspecified atom stereocenters. The molecule has 0 spiro atoms. The second-order valence-corrected chi connectivity index (χ2v) is 27.8. The Bertz CT molecular complexity index is 1800. The molecule has 3 saturated heterocycles. The normalized spacial score (nSPS) is 27.4. The maximum Gasteiger partial charge on any atom is 0.220 e. The first-order chi connectivity index (χ1) is 45.8. The monoisotopic (exact) mass is 1340 g/mol. The molecule has 0 aromatic rings. The number of amides is 1. The Kier molecular flexibility index (Phi) is 52.4. The zero-order valence-electron chi connectivity index (χ0n) is 59.0. The molecule has 0 bridgehead atoms. The number of allylic oxidation sites excluding steroid dienone is 3. The van der Waals surface area contributed by atoms with Crippen molar-refractivity contribution in [1.82, 2.24) is 5.32 Å². The number of carbonyl (C=O) groups excluding carboxylic acids is 1. The summed E-state index contributed by atoms with van der Waals surface area (Å²) in [7, 11) is 0. The number of ether oxygens (including phenoxy) is 6. The van der Waals surface area contributed by atoms with Gasteiger partial charge in [0.2, 0.25) is 5.91 Å². The van der Waals surface area contributed by atoms with Gasteiger partial charge in [-0.2, -0.15) is 0 Å². The van der Waals surface area contributed by atoms with E-state index >= 15 is 0 Å². The van der Waals surface area contributed by atoms with Crippen LogP contribution in [0.25, 0.3) is 0 Å². The van der Waals surface area contributed by atoms with E-state index in [0.717, 1.165) is 57.8 Å². The van der Waals surface area contributed by atoms with Crippen LogP contribution in [0.2, 0.25) is 0 Å². The lowest BCUT2D eigenvalue weighted by atomic mass is 9.96. The molecule has 3 rings (SSSR count). The smallest absolute Gasteiger partial charge is 0.220 e. The first-order valence-electron chi connectivity index (χ1n) is 38.6. The van der Waals surface area contributed by atoms with Crippen LogP contribution in [0.15, 0.2) is 24.3 Å². The van der Waals surface area contributed by atoms with E-state index in [1.165, 1.54) is 231 Å². The van der Waals surface area contributed by atoms with Crippen molar-refractivity contribution >= 4 is 5.91 Å². The van der Waals surface area contributed by atoms with E-state index in [4.69, 9.17) is 28.4 Å². The molecule has 19 nitrogen and oxygen atoms in total. The quantitative estimate of drug-likeness (QED) is 0.0199. The Morgan fingerprint density at radius 1 is 0.372 bits per heavy atom. The highest BCUT2D eigenvalue weighted by Gasteiger charge is 2.53. The molecule has 3 heterocycles. The van der Waals surface area contributed by atoms with Crippen LogP contribution < -0.4 is 5.32 Å². The van der Waals surface area contributed by atoms with E-state index in [1.807, 2.05) is 6.08 Å². The molecule has 94 heavy (non-hydrogen) atoms. The van der Waals surface area contributed by atoms with Crippen molar-refractivity contribution < 1.29 is 89.4 Å². The third-order valence-corrected chi connectivity index (χ3v) is 19.5. The van der Waals surface area contributed by atoms with Gasteiger partial charge in [-0.05, 0) is 44.9 Å². The fourth-order valence-corrected chi connectivity index (χ4v) is 13.2. The minimum absolute atomic E-state index is 0.241. The van der Waals surface area contributed by atoms with Crippen LogP contribution in [0.5, 0.6) is 0 Å². The van der Waals surface area contributed by atoms with Gasteiger partial charge in [-0.1, -0.05) is 289 Å². The lowest BCUT2D eigenvalue weighted by Crippen LogP contribution is -2.66. The average molecular weight is 1340 g/mol. The van der Waals surface area contributed by atoms with E-state index in [9.17, 15) is 61.0 Å². The fraction of sp³-hybridized carbons (Fsp3) is 0.933. The van der Waals surface area contributed by atoms with E-state index in [-0.39, 0.29) is 18.9 Å². The maximum absolute atomic E-state index is 13.4. The van der Waals surface area contributed by atoms with Crippen LogP contribution in [0.4, 0.5) is 0 Å². The number of hydrogen-bond donors (Lipinski definition) is 12.